The van der Waals surface area contributed by atoms with Gasteiger partial charge in [0, 0.05) is 11.7 Å². The van der Waals surface area contributed by atoms with Crippen LogP contribution in [0.3, 0.4) is 0 Å². The molecule has 1 amide bonds. The van der Waals surface area contributed by atoms with Crippen LogP contribution in [0.15, 0.2) is 71.6 Å². The van der Waals surface area contributed by atoms with Gasteiger partial charge in [-0.2, -0.15) is 0 Å². The molecule has 3 aromatic rings. The Kier molecular flexibility index (Phi) is 7.73. The van der Waals surface area contributed by atoms with Crippen LogP contribution in [0.25, 0.3) is 0 Å². The Hall–Kier alpha value is -2.65. The SMILES string of the molecule is C[C@H](NS(=O)(=O)c1ccc(OCC(=O)Nc2ccc(F)c(Cl)c2)c(Cl)c1)c1ccccc1. The standard InChI is InChI=1S/C22H19Cl2FN2O4S/c1-14(15-5-3-2-4-6-15)27-32(29,30)17-8-10-21(19(24)12-17)31-13-22(28)26-16-7-9-20(25)18(23)11-16/h2-12,14,27H,13H2,1H3,(H,26,28)/t14-/m0/s1. The molecule has 0 saturated carbocycles. The van der Waals surface area contributed by atoms with Gasteiger partial charge in [-0.3, -0.25) is 4.79 Å². The zero-order valence-electron chi connectivity index (χ0n) is 16.8. The van der Waals surface area contributed by atoms with Crippen LogP contribution >= 0.6 is 23.2 Å². The average Bonchev–Trinajstić information content (AvgIpc) is 2.75. The number of nitrogens with one attached hydrogen (secondary N) is 2. The molecule has 168 valence electrons. The van der Waals surface area contributed by atoms with Crippen molar-refractivity contribution < 1.29 is 22.3 Å². The second-order valence-electron chi connectivity index (χ2n) is 6.81. The molecule has 10 heteroatoms. The fourth-order valence-corrected chi connectivity index (χ4v) is 4.53. The number of carbonyl (C=O) groups is 1. The van der Waals surface area contributed by atoms with Crippen LogP contribution in [0.5, 0.6) is 5.75 Å². The number of benzene rings is 3. The van der Waals surface area contributed by atoms with Crippen molar-refractivity contribution >= 4 is 44.8 Å². The first-order valence-corrected chi connectivity index (χ1v) is 11.6. The van der Waals surface area contributed by atoms with Gasteiger partial charge in [0.1, 0.15) is 11.6 Å². The van der Waals surface area contributed by atoms with Crippen LogP contribution in [0.1, 0.15) is 18.5 Å². The lowest BCUT2D eigenvalue weighted by atomic mass is 10.1. The quantitative estimate of drug-likeness (QED) is 0.449. The molecule has 0 radical (unpaired) electrons. The van der Waals surface area contributed by atoms with Gasteiger partial charge in [0.2, 0.25) is 10.0 Å². The number of sulfonamides is 1. The van der Waals surface area contributed by atoms with Gasteiger partial charge in [0.15, 0.2) is 6.61 Å². The summed E-state index contributed by atoms with van der Waals surface area (Å²) in [4.78, 5) is 12.0. The lowest BCUT2D eigenvalue weighted by Crippen LogP contribution is -2.27. The zero-order valence-corrected chi connectivity index (χ0v) is 19.1. The molecular weight excluding hydrogens is 478 g/mol. The highest BCUT2D eigenvalue weighted by atomic mass is 35.5. The molecule has 0 saturated heterocycles. The minimum absolute atomic E-state index is 0.0258. The van der Waals surface area contributed by atoms with Crippen LogP contribution in [0.2, 0.25) is 10.0 Å². The van der Waals surface area contributed by atoms with Gasteiger partial charge in [-0.05, 0) is 48.9 Å². The van der Waals surface area contributed by atoms with Gasteiger partial charge < -0.3 is 10.1 Å². The maximum atomic E-state index is 13.2. The molecule has 0 aliphatic heterocycles. The first-order valence-electron chi connectivity index (χ1n) is 9.40. The first-order chi connectivity index (χ1) is 15.2. The lowest BCUT2D eigenvalue weighted by molar-refractivity contribution is -0.118. The second kappa shape index (κ2) is 10.3. The van der Waals surface area contributed by atoms with Crippen molar-refractivity contribution in [2.75, 3.05) is 11.9 Å². The van der Waals surface area contributed by atoms with E-state index in [9.17, 15) is 17.6 Å². The van der Waals surface area contributed by atoms with E-state index in [0.717, 1.165) is 11.6 Å². The predicted molar refractivity (Wildman–Crippen MR) is 122 cm³/mol. The molecule has 0 heterocycles. The van der Waals surface area contributed by atoms with Gasteiger partial charge in [-0.1, -0.05) is 53.5 Å². The Morgan fingerprint density at radius 2 is 1.75 bits per heavy atom. The third kappa shape index (κ3) is 6.20. The van der Waals surface area contributed by atoms with E-state index in [1.165, 1.54) is 30.3 Å². The molecule has 0 aromatic heterocycles. The molecule has 0 bridgehead atoms. The minimum atomic E-state index is -3.84. The van der Waals surface area contributed by atoms with Crippen molar-refractivity contribution in [2.24, 2.45) is 0 Å². The summed E-state index contributed by atoms with van der Waals surface area (Å²) in [6, 6.07) is 16.4. The molecule has 3 rings (SSSR count). The van der Waals surface area contributed by atoms with E-state index in [4.69, 9.17) is 27.9 Å². The van der Waals surface area contributed by atoms with Crippen molar-refractivity contribution in [2.45, 2.75) is 17.9 Å². The van der Waals surface area contributed by atoms with E-state index < -0.39 is 34.4 Å². The number of anilines is 1. The van der Waals surface area contributed by atoms with Gasteiger partial charge in [-0.25, -0.2) is 17.5 Å². The van der Waals surface area contributed by atoms with Crippen LogP contribution in [-0.4, -0.2) is 20.9 Å². The van der Waals surface area contributed by atoms with Gasteiger partial charge >= 0.3 is 0 Å². The fourth-order valence-electron chi connectivity index (χ4n) is 2.79. The molecule has 2 N–H and O–H groups in total. The fraction of sp³-hybridized carbons (Fsp3) is 0.136. The third-order valence-electron chi connectivity index (χ3n) is 4.41. The van der Waals surface area contributed by atoms with Crippen molar-refractivity contribution in [3.05, 3.63) is 88.2 Å². The third-order valence-corrected chi connectivity index (χ3v) is 6.53. The molecule has 32 heavy (non-hydrogen) atoms. The second-order valence-corrected chi connectivity index (χ2v) is 9.34. The highest BCUT2D eigenvalue weighted by Crippen LogP contribution is 2.28. The predicted octanol–water partition coefficient (Wildman–Crippen LogP) is 5.19. The summed E-state index contributed by atoms with van der Waals surface area (Å²) < 4.78 is 46.5. The number of rotatable bonds is 8. The van der Waals surface area contributed by atoms with Crippen LogP contribution in [-0.2, 0) is 14.8 Å². The van der Waals surface area contributed by atoms with Crippen molar-refractivity contribution in [1.29, 1.82) is 0 Å². The van der Waals surface area contributed by atoms with E-state index in [1.54, 1.807) is 6.92 Å². The number of hydrogen-bond donors (Lipinski definition) is 2. The summed E-state index contributed by atoms with van der Waals surface area (Å²) in [5.74, 6) is -0.997. The maximum Gasteiger partial charge on any atom is 0.262 e. The summed E-state index contributed by atoms with van der Waals surface area (Å²) in [5, 5.41) is 2.41. The zero-order chi connectivity index (χ0) is 23.3. The molecule has 1 atom stereocenters. The van der Waals surface area contributed by atoms with E-state index in [2.05, 4.69) is 10.0 Å². The smallest absolute Gasteiger partial charge is 0.262 e. The van der Waals surface area contributed by atoms with Crippen molar-refractivity contribution in [3.8, 4) is 5.75 Å². The average molecular weight is 497 g/mol. The Morgan fingerprint density at radius 1 is 1.03 bits per heavy atom. The Balaban J connectivity index is 1.62. The molecule has 0 aliphatic rings. The summed E-state index contributed by atoms with van der Waals surface area (Å²) in [6.07, 6.45) is 0. The molecule has 6 nitrogen and oxygen atoms in total. The normalized spacial score (nSPS) is 12.2. The van der Waals surface area contributed by atoms with Crippen molar-refractivity contribution in [1.82, 2.24) is 4.72 Å². The van der Waals surface area contributed by atoms with Gasteiger partial charge in [0.05, 0.1) is 14.9 Å². The molecule has 0 unspecified atom stereocenters. The topological polar surface area (TPSA) is 84.5 Å². The Labute approximate surface area is 195 Å². The minimum Gasteiger partial charge on any atom is -0.482 e. The summed E-state index contributed by atoms with van der Waals surface area (Å²) in [7, 11) is -3.84. The molecular formula is C22H19Cl2FN2O4S. The van der Waals surface area contributed by atoms with Gasteiger partial charge in [0.25, 0.3) is 5.91 Å². The van der Waals surface area contributed by atoms with Crippen LogP contribution < -0.4 is 14.8 Å². The molecule has 0 fully saturated rings. The summed E-state index contributed by atoms with van der Waals surface area (Å²) >= 11 is 11.8. The van der Waals surface area contributed by atoms with Crippen LogP contribution in [0.4, 0.5) is 10.1 Å². The number of hydrogen-bond acceptors (Lipinski definition) is 4. The number of amides is 1. The number of carbonyl (C=O) groups excluding carboxylic acids is 1. The molecule has 0 spiro atoms. The highest BCUT2D eigenvalue weighted by molar-refractivity contribution is 7.89. The van der Waals surface area contributed by atoms with Crippen LogP contribution in [0, 0.1) is 5.82 Å². The molecule has 3 aromatic carbocycles. The first kappa shape index (κ1) is 24.0. The largest absolute Gasteiger partial charge is 0.482 e. The van der Waals surface area contributed by atoms with E-state index in [1.807, 2.05) is 30.3 Å². The van der Waals surface area contributed by atoms with E-state index in [-0.39, 0.29) is 20.7 Å². The summed E-state index contributed by atoms with van der Waals surface area (Å²) in [6.45, 7) is 1.34. The Morgan fingerprint density at radius 3 is 2.41 bits per heavy atom. The summed E-state index contributed by atoms with van der Waals surface area (Å²) in [5.41, 5.74) is 1.12. The number of halogens is 3. The van der Waals surface area contributed by atoms with Crippen molar-refractivity contribution in [3.63, 3.8) is 0 Å². The van der Waals surface area contributed by atoms with E-state index >= 15 is 0 Å². The monoisotopic (exact) mass is 496 g/mol. The molecule has 0 aliphatic carbocycles. The maximum absolute atomic E-state index is 13.2. The highest BCUT2D eigenvalue weighted by Gasteiger charge is 2.20. The number of ether oxygens (including phenoxy) is 1. The van der Waals surface area contributed by atoms with Gasteiger partial charge in [-0.15, -0.1) is 0 Å². The lowest BCUT2D eigenvalue weighted by Gasteiger charge is -2.15. The van der Waals surface area contributed by atoms with E-state index in [0.29, 0.717) is 5.69 Å². The Bertz CT molecular complexity index is 1220.